The lowest BCUT2D eigenvalue weighted by Crippen LogP contribution is -2.21. The van der Waals surface area contributed by atoms with Crippen molar-refractivity contribution in [2.24, 2.45) is 0 Å². The summed E-state index contributed by atoms with van der Waals surface area (Å²) in [7, 11) is 3.08. The van der Waals surface area contributed by atoms with Crippen LogP contribution in [0.15, 0.2) is 30.5 Å². The standard InChI is InChI=1S/C15H18O3/c1-11(10-17-2)12-5-4-6-13(9-12)15(7-8-15)14(16)18-3/h4-6,9-10H,7-8H2,1-3H3. The lowest BCUT2D eigenvalue weighted by atomic mass is 9.93. The Balaban J connectivity index is 2.34. The van der Waals surface area contributed by atoms with Gasteiger partial charge in [-0.1, -0.05) is 24.3 Å². The molecule has 0 atom stereocenters. The minimum Gasteiger partial charge on any atom is -0.504 e. The Bertz CT molecular complexity index is 484. The number of carbonyl (C=O) groups excluding carboxylic acids is 1. The molecule has 1 fully saturated rings. The van der Waals surface area contributed by atoms with Crippen LogP contribution in [0, 0.1) is 0 Å². The van der Waals surface area contributed by atoms with Crippen LogP contribution in [0.5, 0.6) is 0 Å². The molecule has 1 aromatic rings. The van der Waals surface area contributed by atoms with Crippen LogP contribution < -0.4 is 0 Å². The second-order valence-electron chi connectivity index (χ2n) is 4.69. The van der Waals surface area contributed by atoms with E-state index in [0.29, 0.717) is 0 Å². The molecule has 1 saturated carbocycles. The third-order valence-electron chi connectivity index (χ3n) is 3.49. The van der Waals surface area contributed by atoms with Crippen LogP contribution >= 0.6 is 0 Å². The van der Waals surface area contributed by atoms with E-state index in [0.717, 1.165) is 29.5 Å². The normalized spacial score (nSPS) is 17.2. The van der Waals surface area contributed by atoms with Gasteiger partial charge in [-0.05, 0) is 36.5 Å². The van der Waals surface area contributed by atoms with Gasteiger partial charge in [0.15, 0.2) is 0 Å². The first-order valence-electron chi connectivity index (χ1n) is 6.03. The maximum Gasteiger partial charge on any atom is 0.316 e. The first kappa shape index (κ1) is 12.7. The van der Waals surface area contributed by atoms with Crippen molar-refractivity contribution in [1.82, 2.24) is 0 Å². The molecule has 0 bridgehead atoms. The van der Waals surface area contributed by atoms with Gasteiger partial charge in [-0.2, -0.15) is 0 Å². The van der Waals surface area contributed by atoms with Gasteiger partial charge in [0.2, 0.25) is 0 Å². The van der Waals surface area contributed by atoms with Gasteiger partial charge >= 0.3 is 5.97 Å². The summed E-state index contributed by atoms with van der Waals surface area (Å²) in [5.74, 6) is -0.131. The molecule has 1 aromatic carbocycles. The average Bonchev–Trinajstić information content (AvgIpc) is 3.20. The van der Waals surface area contributed by atoms with Crippen molar-refractivity contribution < 1.29 is 14.3 Å². The van der Waals surface area contributed by atoms with Crippen molar-refractivity contribution >= 4 is 11.5 Å². The highest BCUT2D eigenvalue weighted by molar-refractivity contribution is 5.87. The molecule has 0 amide bonds. The summed E-state index contributed by atoms with van der Waals surface area (Å²) in [5.41, 5.74) is 2.75. The van der Waals surface area contributed by atoms with Crippen molar-refractivity contribution in [2.75, 3.05) is 14.2 Å². The van der Waals surface area contributed by atoms with Gasteiger partial charge in [-0.15, -0.1) is 0 Å². The molecular weight excluding hydrogens is 228 g/mol. The molecule has 0 radical (unpaired) electrons. The topological polar surface area (TPSA) is 35.5 Å². The lowest BCUT2D eigenvalue weighted by Gasteiger charge is -2.14. The number of esters is 1. The maximum absolute atomic E-state index is 11.8. The Morgan fingerprint density at radius 1 is 1.33 bits per heavy atom. The van der Waals surface area contributed by atoms with Gasteiger partial charge in [-0.25, -0.2) is 0 Å². The first-order chi connectivity index (χ1) is 8.64. The zero-order chi connectivity index (χ0) is 13.2. The van der Waals surface area contributed by atoms with Gasteiger partial charge in [0.1, 0.15) is 0 Å². The smallest absolute Gasteiger partial charge is 0.316 e. The number of carbonyl (C=O) groups is 1. The van der Waals surface area contributed by atoms with Crippen molar-refractivity contribution in [3.05, 3.63) is 41.7 Å². The molecule has 0 heterocycles. The molecule has 1 aliphatic carbocycles. The zero-order valence-electron chi connectivity index (χ0n) is 11.0. The van der Waals surface area contributed by atoms with Crippen LogP contribution in [0.1, 0.15) is 30.9 Å². The Hall–Kier alpha value is -1.77. The van der Waals surface area contributed by atoms with Gasteiger partial charge in [0, 0.05) is 0 Å². The summed E-state index contributed by atoms with van der Waals surface area (Å²) in [4.78, 5) is 11.8. The van der Waals surface area contributed by atoms with E-state index in [1.807, 2.05) is 25.1 Å². The van der Waals surface area contributed by atoms with E-state index in [4.69, 9.17) is 9.47 Å². The summed E-state index contributed by atoms with van der Waals surface area (Å²) in [6.07, 6.45) is 3.45. The van der Waals surface area contributed by atoms with Crippen molar-refractivity contribution in [1.29, 1.82) is 0 Å². The molecule has 0 aromatic heterocycles. The highest BCUT2D eigenvalue weighted by Gasteiger charge is 2.52. The molecule has 96 valence electrons. The molecule has 2 rings (SSSR count). The monoisotopic (exact) mass is 246 g/mol. The highest BCUT2D eigenvalue weighted by Crippen LogP contribution is 2.49. The van der Waals surface area contributed by atoms with E-state index < -0.39 is 5.41 Å². The SMILES string of the molecule is COC=C(C)c1cccc(C2(C(=O)OC)CC2)c1. The predicted octanol–water partition coefficient (Wildman–Crippen LogP) is 2.90. The van der Waals surface area contributed by atoms with E-state index in [1.54, 1.807) is 13.4 Å². The highest BCUT2D eigenvalue weighted by atomic mass is 16.5. The molecule has 0 saturated heterocycles. The molecular formula is C15H18O3. The Morgan fingerprint density at radius 2 is 2.06 bits per heavy atom. The number of ether oxygens (including phenoxy) is 2. The summed E-state index contributed by atoms with van der Waals surface area (Å²) in [5, 5.41) is 0. The molecule has 0 unspecified atom stereocenters. The predicted molar refractivity (Wildman–Crippen MR) is 70.0 cm³/mol. The summed E-state index contributed by atoms with van der Waals surface area (Å²) in [6, 6.07) is 8.03. The van der Waals surface area contributed by atoms with Crippen LogP contribution in [0.3, 0.4) is 0 Å². The van der Waals surface area contributed by atoms with Gasteiger partial charge in [0.05, 0.1) is 25.9 Å². The molecule has 18 heavy (non-hydrogen) atoms. The quantitative estimate of drug-likeness (QED) is 0.605. The molecule has 1 aliphatic rings. The number of hydrogen-bond acceptors (Lipinski definition) is 3. The zero-order valence-corrected chi connectivity index (χ0v) is 11.0. The third kappa shape index (κ3) is 2.13. The van der Waals surface area contributed by atoms with Gasteiger partial charge in [0.25, 0.3) is 0 Å². The van der Waals surface area contributed by atoms with Crippen LogP contribution in [0.2, 0.25) is 0 Å². The fraction of sp³-hybridized carbons (Fsp3) is 0.400. The summed E-state index contributed by atoms with van der Waals surface area (Å²) < 4.78 is 9.92. The van der Waals surface area contributed by atoms with Gasteiger partial charge in [-0.3, -0.25) is 4.79 Å². The minimum absolute atomic E-state index is 0.131. The Labute approximate surface area is 107 Å². The van der Waals surface area contributed by atoms with Crippen LogP contribution in [0.4, 0.5) is 0 Å². The molecule has 0 spiro atoms. The molecule has 3 heteroatoms. The number of allylic oxidation sites excluding steroid dienone is 1. The minimum atomic E-state index is -0.405. The first-order valence-corrected chi connectivity index (χ1v) is 6.03. The summed E-state index contributed by atoms with van der Waals surface area (Å²) >= 11 is 0. The summed E-state index contributed by atoms with van der Waals surface area (Å²) in [6.45, 7) is 1.99. The van der Waals surface area contributed by atoms with Gasteiger partial charge < -0.3 is 9.47 Å². The second-order valence-corrected chi connectivity index (χ2v) is 4.69. The Kier molecular flexibility index (Phi) is 3.41. The number of methoxy groups -OCH3 is 2. The number of rotatable bonds is 4. The second kappa shape index (κ2) is 4.84. The molecule has 3 nitrogen and oxygen atoms in total. The van der Waals surface area contributed by atoms with E-state index in [2.05, 4.69) is 6.07 Å². The largest absolute Gasteiger partial charge is 0.504 e. The van der Waals surface area contributed by atoms with Crippen molar-refractivity contribution in [3.63, 3.8) is 0 Å². The molecule has 0 N–H and O–H groups in total. The lowest BCUT2D eigenvalue weighted by molar-refractivity contribution is -0.143. The fourth-order valence-corrected chi connectivity index (χ4v) is 2.24. The van der Waals surface area contributed by atoms with E-state index in [9.17, 15) is 4.79 Å². The van der Waals surface area contributed by atoms with E-state index in [1.165, 1.54) is 7.11 Å². The van der Waals surface area contributed by atoms with Crippen LogP contribution in [-0.2, 0) is 19.7 Å². The fourth-order valence-electron chi connectivity index (χ4n) is 2.24. The van der Waals surface area contributed by atoms with E-state index >= 15 is 0 Å². The Morgan fingerprint density at radius 3 is 2.61 bits per heavy atom. The third-order valence-corrected chi connectivity index (χ3v) is 3.49. The van der Waals surface area contributed by atoms with E-state index in [-0.39, 0.29) is 5.97 Å². The van der Waals surface area contributed by atoms with Crippen molar-refractivity contribution in [2.45, 2.75) is 25.2 Å². The van der Waals surface area contributed by atoms with Crippen LogP contribution in [0.25, 0.3) is 5.57 Å². The van der Waals surface area contributed by atoms with Crippen molar-refractivity contribution in [3.8, 4) is 0 Å². The van der Waals surface area contributed by atoms with Crippen LogP contribution in [-0.4, -0.2) is 20.2 Å². The maximum atomic E-state index is 11.8. The number of benzene rings is 1. The average molecular weight is 246 g/mol. The number of hydrogen-bond donors (Lipinski definition) is 0. The molecule has 0 aliphatic heterocycles.